The molecule has 0 saturated carbocycles. The molecule has 164 valence electrons. The summed E-state index contributed by atoms with van der Waals surface area (Å²) >= 11 is 0. The number of aryl methyl sites for hydroxylation is 2. The standard InChI is InChI=1S/C24H25N5O3/c1-4-32-20-12-10-18(11-13-20)14-25-21(30)15-28-24(31)22-17(3)29(19-8-6-5-7-9-19)27-23(22)16(2)26-28/h5-13H,4,14-15H2,1-3H3,(H,25,30). The Kier molecular flexibility index (Phi) is 6.02. The summed E-state index contributed by atoms with van der Waals surface area (Å²) in [6.07, 6.45) is 0. The Balaban J connectivity index is 1.54. The van der Waals surface area contributed by atoms with Crippen LogP contribution in [0.3, 0.4) is 0 Å². The second kappa shape index (κ2) is 9.05. The van der Waals surface area contributed by atoms with Crippen LogP contribution in [0.4, 0.5) is 0 Å². The number of carbonyl (C=O) groups is 1. The zero-order valence-electron chi connectivity index (χ0n) is 18.3. The van der Waals surface area contributed by atoms with Crippen molar-refractivity contribution in [3.8, 4) is 11.4 Å². The van der Waals surface area contributed by atoms with Crippen molar-refractivity contribution >= 4 is 16.8 Å². The lowest BCUT2D eigenvalue weighted by molar-refractivity contribution is -0.122. The maximum absolute atomic E-state index is 13.1. The van der Waals surface area contributed by atoms with Gasteiger partial charge < -0.3 is 10.1 Å². The summed E-state index contributed by atoms with van der Waals surface area (Å²) in [7, 11) is 0. The van der Waals surface area contributed by atoms with Crippen LogP contribution < -0.4 is 15.6 Å². The van der Waals surface area contributed by atoms with Crippen molar-refractivity contribution in [1.29, 1.82) is 0 Å². The third-order valence-electron chi connectivity index (χ3n) is 5.20. The number of aromatic nitrogens is 4. The Bertz CT molecular complexity index is 1310. The minimum atomic E-state index is -0.332. The van der Waals surface area contributed by atoms with Gasteiger partial charge in [-0.25, -0.2) is 9.36 Å². The molecule has 0 aliphatic carbocycles. The summed E-state index contributed by atoms with van der Waals surface area (Å²) in [5, 5.41) is 12.2. The second-order valence-corrected chi connectivity index (χ2v) is 7.46. The van der Waals surface area contributed by atoms with Crippen molar-refractivity contribution < 1.29 is 9.53 Å². The van der Waals surface area contributed by atoms with Crippen LogP contribution in [0.5, 0.6) is 5.75 Å². The number of para-hydroxylation sites is 1. The molecule has 0 atom stereocenters. The summed E-state index contributed by atoms with van der Waals surface area (Å²) < 4.78 is 8.36. The minimum absolute atomic E-state index is 0.164. The monoisotopic (exact) mass is 431 g/mol. The van der Waals surface area contributed by atoms with Gasteiger partial charge in [0.2, 0.25) is 5.91 Å². The van der Waals surface area contributed by atoms with Crippen molar-refractivity contribution in [3.05, 3.63) is 81.9 Å². The molecule has 4 rings (SSSR count). The predicted molar refractivity (Wildman–Crippen MR) is 122 cm³/mol. The molecule has 2 heterocycles. The molecule has 0 aliphatic heterocycles. The molecule has 2 aromatic carbocycles. The van der Waals surface area contributed by atoms with Crippen molar-refractivity contribution in [2.45, 2.75) is 33.9 Å². The first-order chi connectivity index (χ1) is 15.5. The molecule has 0 unspecified atom stereocenters. The van der Waals surface area contributed by atoms with Crippen LogP contribution in [0.15, 0.2) is 59.4 Å². The lowest BCUT2D eigenvalue weighted by Crippen LogP contribution is -2.33. The molecular formula is C24H25N5O3. The van der Waals surface area contributed by atoms with Crippen molar-refractivity contribution in [3.63, 3.8) is 0 Å². The molecule has 2 aromatic heterocycles. The van der Waals surface area contributed by atoms with Crippen LogP contribution in [0.2, 0.25) is 0 Å². The Labute approximate surface area is 185 Å². The van der Waals surface area contributed by atoms with Crippen LogP contribution in [-0.4, -0.2) is 32.1 Å². The van der Waals surface area contributed by atoms with E-state index in [1.54, 1.807) is 11.6 Å². The fourth-order valence-corrected chi connectivity index (χ4v) is 3.60. The molecule has 0 saturated heterocycles. The summed E-state index contributed by atoms with van der Waals surface area (Å²) in [4.78, 5) is 25.6. The topological polar surface area (TPSA) is 91.0 Å². The first kappa shape index (κ1) is 21.3. The van der Waals surface area contributed by atoms with E-state index in [1.807, 2.05) is 68.4 Å². The number of amides is 1. The molecule has 0 bridgehead atoms. The van der Waals surface area contributed by atoms with E-state index in [1.165, 1.54) is 4.68 Å². The van der Waals surface area contributed by atoms with Crippen LogP contribution in [0, 0.1) is 13.8 Å². The number of nitrogens with zero attached hydrogens (tertiary/aromatic N) is 4. The number of rotatable bonds is 7. The van der Waals surface area contributed by atoms with Crippen molar-refractivity contribution in [2.75, 3.05) is 6.61 Å². The van der Waals surface area contributed by atoms with Gasteiger partial charge in [0.25, 0.3) is 5.56 Å². The summed E-state index contributed by atoms with van der Waals surface area (Å²) in [5.41, 5.74) is 3.32. The highest BCUT2D eigenvalue weighted by Crippen LogP contribution is 2.19. The number of benzene rings is 2. The highest BCUT2D eigenvalue weighted by molar-refractivity contribution is 5.83. The molecule has 1 amide bonds. The van der Waals surface area contributed by atoms with Crippen molar-refractivity contribution in [2.24, 2.45) is 0 Å². The SMILES string of the molecule is CCOc1ccc(CNC(=O)Cn2nc(C)c3nn(-c4ccccc4)c(C)c3c2=O)cc1. The fraction of sp³-hybridized carbons (Fsp3) is 0.250. The molecule has 0 radical (unpaired) electrons. The molecule has 0 aliphatic rings. The zero-order chi connectivity index (χ0) is 22.7. The Morgan fingerprint density at radius 1 is 1.03 bits per heavy atom. The number of carbonyl (C=O) groups excluding carboxylic acids is 1. The highest BCUT2D eigenvalue weighted by atomic mass is 16.5. The molecule has 1 N–H and O–H groups in total. The molecule has 0 spiro atoms. The second-order valence-electron chi connectivity index (χ2n) is 7.46. The van der Waals surface area contributed by atoms with E-state index in [0.717, 1.165) is 17.0 Å². The average molecular weight is 431 g/mol. The van der Waals surface area contributed by atoms with Gasteiger partial charge in [-0.15, -0.1) is 0 Å². The highest BCUT2D eigenvalue weighted by Gasteiger charge is 2.18. The Hall–Kier alpha value is -3.94. The van der Waals surface area contributed by atoms with Crippen LogP contribution in [0.1, 0.15) is 23.9 Å². The Morgan fingerprint density at radius 2 is 1.75 bits per heavy atom. The number of ether oxygens (including phenoxy) is 1. The smallest absolute Gasteiger partial charge is 0.278 e. The van der Waals surface area contributed by atoms with Crippen LogP contribution >= 0.6 is 0 Å². The van der Waals surface area contributed by atoms with Gasteiger partial charge in [-0.1, -0.05) is 30.3 Å². The number of hydrogen-bond donors (Lipinski definition) is 1. The predicted octanol–water partition coefficient (Wildman–Crippen LogP) is 2.91. The lowest BCUT2D eigenvalue weighted by atomic mass is 10.2. The first-order valence-electron chi connectivity index (χ1n) is 10.5. The molecule has 32 heavy (non-hydrogen) atoms. The van der Waals surface area contributed by atoms with Gasteiger partial charge in [-0.3, -0.25) is 9.59 Å². The number of nitrogens with one attached hydrogen (secondary N) is 1. The lowest BCUT2D eigenvalue weighted by Gasteiger charge is -2.09. The van der Waals surface area contributed by atoms with Gasteiger partial charge in [-0.2, -0.15) is 10.2 Å². The van der Waals surface area contributed by atoms with E-state index in [2.05, 4.69) is 15.5 Å². The van der Waals surface area contributed by atoms with Crippen LogP contribution in [-0.2, 0) is 17.9 Å². The van der Waals surface area contributed by atoms with Gasteiger partial charge in [0.15, 0.2) is 0 Å². The van der Waals surface area contributed by atoms with E-state index in [4.69, 9.17) is 4.74 Å². The number of hydrogen-bond acceptors (Lipinski definition) is 5. The largest absolute Gasteiger partial charge is 0.494 e. The van der Waals surface area contributed by atoms with E-state index in [9.17, 15) is 9.59 Å². The van der Waals surface area contributed by atoms with Crippen molar-refractivity contribution in [1.82, 2.24) is 24.9 Å². The van der Waals surface area contributed by atoms with Gasteiger partial charge in [0.1, 0.15) is 17.8 Å². The van der Waals surface area contributed by atoms with Crippen LogP contribution in [0.25, 0.3) is 16.6 Å². The first-order valence-corrected chi connectivity index (χ1v) is 10.5. The molecule has 8 heteroatoms. The van der Waals surface area contributed by atoms with E-state index in [0.29, 0.717) is 35.4 Å². The van der Waals surface area contributed by atoms with E-state index < -0.39 is 0 Å². The van der Waals surface area contributed by atoms with Gasteiger partial charge >= 0.3 is 0 Å². The molecule has 0 fully saturated rings. The third-order valence-corrected chi connectivity index (χ3v) is 5.20. The summed E-state index contributed by atoms with van der Waals surface area (Å²) in [5.74, 6) is 0.494. The normalized spacial score (nSPS) is 11.0. The summed E-state index contributed by atoms with van der Waals surface area (Å²) in [6.45, 7) is 6.36. The van der Waals surface area contributed by atoms with E-state index in [-0.39, 0.29) is 18.0 Å². The molecule has 8 nitrogen and oxygen atoms in total. The Morgan fingerprint density at radius 3 is 2.44 bits per heavy atom. The fourth-order valence-electron chi connectivity index (χ4n) is 3.60. The third kappa shape index (κ3) is 4.25. The van der Waals surface area contributed by atoms with Gasteiger partial charge in [0, 0.05) is 6.54 Å². The minimum Gasteiger partial charge on any atom is -0.494 e. The molecular weight excluding hydrogens is 406 g/mol. The van der Waals surface area contributed by atoms with E-state index >= 15 is 0 Å². The summed E-state index contributed by atoms with van der Waals surface area (Å²) in [6, 6.07) is 17.1. The van der Waals surface area contributed by atoms with Gasteiger partial charge in [-0.05, 0) is 50.6 Å². The zero-order valence-corrected chi connectivity index (χ0v) is 18.3. The maximum Gasteiger partial charge on any atom is 0.278 e. The maximum atomic E-state index is 13.1. The quantitative estimate of drug-likeness (QED) is 0.486. The molecule has 4 aromatic rings. The number of fused-ring (bicyclic) bond motifs is 1. The van der Waals surface area contributed by atoms with Gasteiger partial charge in [0.05, 0.1) is 29.1 Å². The average Bonchev–Trinajstić information content (AvgIpc) is 3.15.